The molecule has 26 heavy (non-hydrogen) atoms. The second-order valence-electron chi connectivity index (χ2n) is 6.05. The molecule has 2 rings (SSSR count). The van der Waals surface area contributed by atoms with Crippen molar-refractivity contribution in [2.75, 3.05) is 17.3 Å². The van der Waals surface area contributed by atoms with Crippen molar-refractivity contribution in [2.24, 2.45) is 5.73 Å². The molecule has 1 aromatic heterocycles. The lowest BCUT2D eigenvalue weighted by Crippen LogP contribution is -2.37. The van der Waals surface area contributed by atoms with Crippen molar-refractivity contribution < 1.29 is 13.2 Å². The van der Waals surface area contributed by atoms with Gasteiger partial charge >= 0.3 is 0 Å². The number of amides is 1. The highest BCUT2D eigenvalue weighted by Crippen LogP contribution is 2.11. The molecule has 6 nitrogen and oxygen atoms in total. The molecule has 0 saturated carbocycles. The SMILES string of the molecule is CS(=O)(=O)CCC(N)C(=O)Nc1cc(CCc2ccccc2)ccn1.Cl. The van der Waals surface area contributed by atoms with Crippen LogP contribution in [0.15, 0.2) is 48.7 Å². The minimum Gasteiger partial charge on any atom is -0.320 e. The van der Waals surface area contributed by atoms with Crippen molar-refractivity contribution in [1.29, 1.82) is 0 Å². The molecular formula is C18H24ClN3O3S. The first-order valence-corrected chi connectivity index (χ1v) is 10.1. The highest BCUT2D eigenvalue weighted by atomic mass is 35.5. The van der Waals surface area contributed by atoms with Gasteiger partial charge in [-0.3, -0.25) is 4.79 Å². The molecule has 0 spiro atoms. The second kappa shape index (κ2) is 10.3. The van der Waals surface area contributed by atoms with Crippen molar-refractivity contribution in [3.8, 4) is 0 Å². The Labute approximate surface area is 160 Å². The number of anilines is 1. The largest absolute Gasteiger partial charge is 0.320 e. The summed E-state index contributed by atoms with van der Waals surface area (Å²) < 4.78 is 22.3. The first-order chi connectivity index (χ1) is 11.8. The zero-order valence-corrected chi connectivity index (χ0v) is 16.2. The van der Waals surface area contributed by atoms with E-state index in [0.717, 1.165) is 24.7 Å². The summed E-state index contributed by atoms with van der Waals surface area (Å²) in [5.41, 5.74) is 8.04. The van der Waals surface area contributed by atoms with E-state index in [4.69, 9.17) is 5.73 Å². The van der Waals surface area contributed by atoms with Gasteiger partial charge in [-0.25, -0.2) is 13.4 Å². The molecule has 1 atom stereocenters. The Morgan fingerprint density at radius 2 is 1.81 bits per heavy atom. The number of aryl methyl sites for hydroxylation is 2. The smallest absolute Gasteiger partial charge is 0.242 e. The van der Waals surface area contributed by atoms with Crippen molar-refractivity contribution in [3.63, 3.8) is 0 Å². The highest BCUT2D eigenvalue weighted by molar-refractivity contribution is 7.90. The van der Waals surface area contributed by atoms with Gasteiger partial charge < -0.3 is 11.1 Å². The second-order valence-corrected chi connectivity index (χ2v) is 8.31. The molecule has 1 heterocycles. The molecule has 0 saturated heterocycles. The first-order valence-electron chi connectivity index (χ1n) is 8.06. The minimum absolute atomic E-state index is 0. The average Bonchev–Trinajstić information content (AvgIpc) is 2.58. The Balaban J connectivity index is 0.00000338. The van der Waals surface area contributed by atoms with Crippen LogP contribution in [0.4, 0.5) is 5.82 Å². The van der Waals surface area contributed by atoms with Crippen LogP contribution in [0.3, 0.4) is 0 Å². The lowest BCUT2D eigenvalue weighted by molar-refractivity contribution is -0.117. The normalized spacial score (nSPS) is 12.1. The number of halogens is 1. The number of rotatable bonds is 8. The van der Waals surface area contributed by atoms with Gasteiger partial charge in [0.1, 0.15) is 15.7 Å². The van der Waals surface area contributed by atoms with Crippen LogP contribution in [0.25, 0.3) is 0 Å². The minimum atomic E-state index is -3.14. The van der Waals surface area contributed by atoms with Crippen molar-refractivity contribution in [1.82, 2.24) is 4.98 Å². The molecule has 1 aromatic carbocycles. The Kier molecular flexibility index (Phi) is 8.71. The summed E-state index contributed by atoms with van der Waals surface area (Å²) >= 11 is 0. The maximum absolute atomic E-state index is 12.0. The highest BCUT2D eigenvalue weighted by Gasteiger charge is 2.16. The van der Waals surface area contributed by atoms with Crippen molar-refractivity contribution >= 4 is 34.0 Å². The molecular weight excluding hydrogens is 374 g/mol. The molecule has 0 radical (unpaired) electrons. The van der Waals surface area contributed by atoms with Gasteiger partial charge in [0.2, 0.25) is 5.91 Å². The third kappa shape index (κ3) is 7.95. The summed E-state index contributed by atoms with van der Waals surface area (Å²) in [5, 5.41) is 2.65. The summed E-state index contributed by atoms with van der Waals surface area (Å²) in [6.45, 7) is 0. The van der Waals surface area contributed by atoms with E-state index < -0.39 is 21.8 Å². The van der Waals surface area contributed by atoms with E-state index in [1.54, 1.807) is 6.20 Å². The molecule has 1 amide bonds. The molecule has 2 aromatic rings. The van der Waals surface area contributed by atoms with Crippen LogP contribution >= 0.6 is 12.4 Å². The van der Waals surface area contributed by atoms with Crippen molar-refractivity contribution in [3.05, 3.63) is 59.8 Å². The van der Waals surface area contributed by atoms with Gasteiger partial charge in [-0.2, -0.15) is 0 Å². The Bertz CT molecular complexity index is 813. The summed E-state index contributed by atoms with van der Waals surface area (Å²) in [5.74, 6) is -0.131. The molecule has 0 aliphatic rings. The van der Waals surface area contributed by atoms with Gasteiger partial charge in [-0.05, 0) is 42.5 Å². The van der Waals surface area contributed by atoms with E-state index >= 15 is 0 Å². The van der Waals surface area contributed by atoms with Gasteiger partial charge in [-0.1, -0.05) is 30.3 Å². The zero-order chi connectivity index (χ0) is 18.3. The summed E-state index contributed by atoms with van der Waals surface area (Å²) in [4.78, 5) is 16.2. The first kappa shape index (κ1) is 22.1. The van der Waals surface area contributed by atoms with E-state index in [-0.39, 0.29) is 24.6 Å². The number of carbonyl (C=O) groups excluding carboxylic acids is 1. The fraction of sp³-hybridized carbons (Fsp3) is 0.333. The van der Waals surface area contributed by atoms with E-state index in [2.05, 4.69) is 22.4 Å². The quantitative estimate of drug-likeness (QED) is 0.709. The lowest BCUT2D eigenvalue weighted by atomic mass is 10.1. The predicted molar refractivity (Wildman–Crippen MR) is 106 cm³/mol. The van der Waals surface area contributed by atoms with E-state index in [1.165, 1.54) is 5.56 Å². The number of nitrogens with two attached hydrogens (primary N) is 1. The van der Waals surface area contributed by atoms with Gasteiger partial charge in [0.05, 0.1) is 11.8 Å². The molecule has 3 N–H and O–H groups in total. The Morgan fingerprint density at radius 1 is 1.15 bits per heavy atom. The summed E-state index contributed by atoms with van der Waals surface area (Å²) in [6.07, 6.45) is 4.56. The van der Waals surface area contributed by atoms with E-state index in [1.807, 2.05) is 30.3 Å². The molecule has 8 heteroatoms. The fourth-order valence-electron chi connectivity index (χ4n) is 2.32. The van der Waals surface area contributed by atoms with Gasteiger partial charge in [0, 0.05) is 12.5 Å². The number of carbonyl (C=O) groups is 1. The Hall–Kier alpha value is -1.96. The molecule has 0 fully saturated rings. The third-order valence-electron chi connectivity index (χ3n) is 3.76. The Morgan fingerprint density at radius 3 is 2.46 bits per heavy atom. The molecule has 1 unspecified atom stereocenters. The van der Waals surface area contributed by atoms with Crippen molar-refractivity contribution in [2.45, 2.75) is 25.3 Å². The van der Waals surface area contributed by atoms with Crippen LogP contribution < -0.4 is 11.1 Å². The maximum Gasteiger partial charge on any atom is 0.242 e. The van der Waals surface area contributed by atoms with Gasteiger partial charge in [-0.15, -0.1) is 12.4 Å². The monoisotopic (exact) mass is 397 g/mol. The van der Waals surface area contributed by atoms with Crippen LogP contribution in [0.2, 0.25) is 0 Å². The maximum atomic E-state index is 12.0. The molecule has 0 bridgehead atoms. The number of aromatic nitrogens is 1. The topological polar surface area (TPSA) is 102 Å². The number of nitrogens with zero attached hydrogens (tertiary/aromatic N) is 1. The number of pyridine rings is 1. The van der Waals surface area contributed by atoms with Gasteiger partial charge in [0.25, 0.3) is 0 Å². The van der Waals surface area contributed by atoms with Crippen LogP contribution in [-0.4, -0.2) is 37.4 Å². The van der Waals surface area contributed by atoms with Gasteiger partial charge in [0.15, 0.2) is 0 Å². The van der Waals surface area contributed by atoms with Crippen LogP contribution in [0.5, 0.6) is 0 Å². The van der Waals surface area contributed by atoms with E-state index in [9.17, 15) is 13.2 Å². The van der Waals surface area contributed by atoms with Crippen LogP contribution in [0, 0.1) is 0 Å². The standard InChI is InChI=1S/C18H23N3O3S.ClH/c1-25(23,24)12-10-16(19)18(22)21-17-13-15(9-11-20-17)8-7-14-5-3-2-4-6-14;/h2-6,9,11,13,16H,7-8,10,12,19H2,1H3,(H,20,21,22);1H. The third-order valence-corrected chi connectivity index (χ3v) is 4.73. The predicted octanol–water partition coefficient (Wildman–Crippen LogP) is 1.99. The number of hydrogen-bond acceptors (Lipinski definition) is 5. The summed E-state index contributed by atoms with van der Waals surface area (Å²) in [7, 11) is -3.14. The van der Waals surface area contributed by atoms with E-state index in [0.29, 0.717) is 5.82 Å². The number of nitrogens with one attached hydrogen (secondary N) is 1. The fourth-order valence-corrected chi connectivity index (χ4v) is 3.00. The molecule has 0 aliphatic heterocycles. The number of benzene rings is 1. The number of sulfone groups is 1. The average molecular weight is 398 g/mol. The lowest BCUT2D eigenvalue weighted by Gasteiger charge is -2.12. The van der Waals surface area contributed by atoms with Crippen LogP contribution in [-0.2, 0) is 27.5 Å². The van der Waals surface area contributed by atoms with Crippen LogP contribution in [0.1, 0.15) is 17.5 Å². The molecule has 142 valence electrons. The number of hydrogen-bond donors (Lipinski definition) is 2. The molecule has 0 aliphatic carbocycles. The summed E-state index contributed by atoms with van der Waals surface area (Å²) in [6, 6.07) is 13.0. The zero-order valence-electron chi connectivity index (χ0n) is 14.6.